The molecule has 3 heteroatoms. The molecule has 0 amide bonds. The van der Waals surface area contributed by atoms with Crippen molar-refractivity contribution in [1.82, 2.24) is 0 Å². The molecule has 3 nitrogen and oxygen atoms in total. The van der Waals surface area contributed by atoms with E-state index in [1.54, 1.807) is 12.1 Å². The second kappa shape index (κ2) is 3.75. The molecule has 1 aromatic heterocycles. The smallest absolute Gasteiger partial charge is 0.223 e. The molecule has 0 radical (unpaired) electrons. The van der Waals surface area contributed by atoms with Crippen LogP contribution >= 0.6 is 0 Å². The van der Waals surface area contributed by atoms with Crippen molar-refractivity contribution in [2.24, 2.45) is 0 Å². The largest absolute Gasteiger partial charge is 0.461 e. The monoisotopic (exact) mass is 180 g/mol. The van der Waals surface area contributed by atoms with Crippen LogP contribution in [0.1, 0.15) is 29.8 Å². The molecule has 1 heterocycles. The van der Waals surface area contributed by atoms with Crippen molar-refractivity contribution in [2.75, 3.05) is 6.61 Å². The highest BCUT2D eigenvalue weighted by atomic mass is 16.5. The lowest BCUT2D eigenvalue weighted by Crippen LogP contribution is -2.24. The Hall–Kier alpha value is -1.09. The van der Waals surface area contributed by atoms with Crippen LogP contribution in [-0.2, 0) is 4.74 Å². The SMILES string of the molecule is O=C(COC1CCC1)c1ccco1. The zero-order valence-electron chi connectivity index (χ0n) is 7.36. The fourth-order valence-corrected chi connectivity index (χ4v) is 1.24. The van der Waals surface area contributed by atoms with E-state index in [4.69, 9.17) is 9.15 Å². The summed E-state index contributed by atoms with van der Waals surface area (Å²) in [5, 5.41) is 0. The summed E-state index contributed by atoms with van der Waals surface area (Å²) in [6, 6.07) is 3.36. The molecule has 1 saturated carbocycles. The maximum absolute atomic E-state index is 11.3. The van der Waals surface area contributed by atoms with E-state index in [-0.39, 0.29) is 12.4 Å². The number of ether oxygens (including phenoxy) is 1. The molecular formula is C10H12O3. The number of ketones is 1. The summed E-state index contributed by atoms with van der Waals surface area (Å²) in [6.45, 7) is 0.151. The first-order chi connectivity index (χ1) is 6.36. The second-order valence-electron chi connectivity index (χ2n) is 3.26. The second-order valence-corrected chi connectivity index (χ2v) is 3.26. The average molecular weight is 180 g/mol. The van der Waals surface area contributed by atoms with Gasteiger partial charge in [-0.2, -0.15) is 0 Å². The standard InChI is InChI=1S/C10H12O3/c11-9(10-5-2-6-12-10)7-13-8-3-1-4-8/h2,5-6,8H,1,3-4,7H2. The van der Waals surface area contributed by atoms with Gasteiger partial charge in [0.05, 0.1) is 12.4 Å². The van der Waals surface area contributed by atoms with Crippen LogP contribution in [0.5, 0.6) is 0 Å². The Bertz CT molecular complexity index is 272. The normalized spacial score (nSPS) is 16.9. The number of hydrogen-bond donors (Lipinski definition) is 0. The summed E-state index contributed by atoms with van der Waals surface area (Å²) in [5.74, 6) is 0.316. The van der Waals surface area contributed by atoms with Crippen molar-refractivity contribution in [1.29, 1.82) is 0 Å². The summed E-state index contributed by atoms with van der Waals surface area (Å²) in [4.78, 5) is 11.3. The Morgan fingerprint density at radius 1 is 1.62 bits per heavy atom. The van der Waals surface area contributed by atoms with E-state index in [0.717, 1.165) is 12.8 Å². The lowest BCUT2D eigenvalue weighted by atomic mass is 9.96. The zero-order valence-corrected chi connectivity index (χ0v) is 7.36. The van der Waals surface area contributed by atoms with Gasteiger partial charge in [-0.25, -0.2) is 0 Å². The minimum Gasteiger partial charge on any atom is -0.461 e. The van der Waals surface area contributed by atoms with Crippen LogP contribution in [0.25, 0.3) is 0 Å². The molecule has 1 aliphatic rings. The lowest BCUT2D eigenvalue weighted by Gasteiger charge is -2.24. The predicted molar refractivity (Wildman–Crippen MR) is 46.6 cm³/mol. The number of carbonyl (C=O) groups is 1. The maximum Gasteiger partial charge on any atom is 0.223 e. The highest BCUT2D eigenvalue weighted by molar-refractivity contribution is 5.94. The van der Waals surface area contributed by atoms with Gasteiger partial charge in [-0.1, -0.05) is 0 Å². The molecule has 13 heavy (non-hydrogen) atoms. The molecule has 2 rings (SSSR count). The summed E-state index contributed by atoms with van der Waals surface area (Å²) in [5.41, 5.74) is 0. The molecule has 0 atom stereocenters. The number of rotatable bonds is 4. The van der Waals surface area contributed by atoms with Crippen molar-refractivity contribution < 1.29 is 13.9 Å². The zero-order chi connectivity index (χ0) is 9.10. The van der Waals surface area contributed by atoms with Crippen LogP contribution in [-0.4, -0.2) is 18.5 Å². The molecule has 1 aliphatic carbocycles. The highest BCUT2D eigenvalue weighted by Gasteiger charge is 2.19. The third-order valence-electron chi connectivity index (χ3n) is 2.30. The van der Waals surface area contributed by atoms with Crippen molar-refractivity contribution in [3.63, 3.8) is 0 Å². The van der Waals surface area contributed by atoms with Crippen LogP contribution in [0.3, 0.4) is 0 Å². The minimum atomic E-state index is -0.0723. The van der Waals surface area contributed by atoms with Gasteiger partial charge in [0.15, 0.2) is 5.76 Å². The first-order valence-electron chi connectivity index (χ1n) is 4.54. The van der Waals surface area contributed by atoms with Gasteiger partial charge < -0.3 is 9.15 Å². The molecule has 0 saturated heterocycles. The van der Waals surface area contributed by atoms with Crippen LogP contribution in [0.15, 0.2) is 22.8 Å². The van der Waals surface area contributed by atoms with E-state index in [2.05, 4.69) is 0 Å². The first kappa shape index (κ1) is 8.51. The number of carbonyl (C=O) groups excluding carboxylic acids is 1. The first-order valence-corrected chi connectivity index (χ1v) is 4.54. The summed E-state index contributed by atoms with van der Waals surface area (Å²) in [6.07, 6.45) is 5.20. The Labute approximate surface area is 76.7 Å². The van der Waals surface area contributed by atoms with Crippen LogP contribution in [0.2, 0.25) is 0 Å². The van der Waals surface area contributed by atoms with Gasteiger partial charge in [0.1, 0.15) is 6.61 Å². The number of hydrogen-bond acceptors (Lipinski definition) is 3. The topological polar surface area (TPSA) is 39.4 Å². The van der Waals surface area contributed by atoms with E-state index in [1.165, 1.54) is 12.7 Å². The van der Waals surface area contributed by atoms with E-state index in [1.807, 2.05) is 0 Å². The average Bonchev–Trinajstić information content (AvgIpc) is 2.52. The van der Waals surface area contributed by atoms with Gasteiger partial charge in [-0.3, -0.25) is 4.79 Å². The van der Waals surface area contributed by atoms with Crippen LogP contribution in [0, 0.1) is 0 Å². The number of furan rings is 1. The summed E-state index contributed by atoms with van der Waals surface area (Å²) < 4.78 is 10.3. The van der Waals surface area contributed by atoms with Crippen molar-refractivity contribution in [3.05, 3.63) is 24.2 Å². The van der Waals surface area contributed by atoms with Crippen LogP contribution < -0.4 is 0 Å². The van der Waals surface area contributed by atoms with E-state index in [0.29, 0.717) is 11.9 Å². The van der Waals surface area contributed by atoms with Gasteiger partial charge in [0.2, 0.25) is 5.78 Å². The van der Waals surface area contributed by atoms with Crippen molar-refractivity contribution in [2.45, 2.75) is 25.4 Å². The third-order valence-corrected chi connectivity index (χ3v) is 2.30. The fraction of sp³-hybridized carbons (Fsp3) is 0.500. The molecule has 1 fully saturated rings. The molecular weight excluding hydrogens is 168 g/mol. The van der Waals surface area contributed by atoms with Crippen LogP contribution in [0.4, 0.5) is 0 Å². The lowest BCUT2D eigenvalue weighted by molar-refractivity contribution is 0.00632. The number of Topliss-reactive ketones (excluding diaryl/α,β-unsaturated/α-hetero) is 1. The van der Waals surface area contributed by atoms with Gasteiger partial charge in [-0.05, 0) is 31.4 Å². The molecule has 70 valence electrons. The molecule has 0 bridgehead atoms. The van der Waals surface area contributed by atoms with E-state index in [9.17, 15) is 4.79 Å². The quantitative estimate of drug-likeness (QED) is 0.665. The summed E-state index contributed by atoms with van der Waals surface area (Å²) in [7, 11) is 0. The minimum absolute atomic E-state index is 0.0723. The fourth-order valence-electron chi connectivity index (χ4n) is 1.24. The molecule has 0 spiro atoms. The Kier molecular flexibility index (Phi) is 2.45. The van der Waals surface area contributed by atoms with Gasteiger partial charge >= 0.3 is 0 Å². The van der Waals surface area contributed by atoms with Crippen molar-refractivity contribution >= 4 is 5.78 Å². The molecule has 0 unspecified atom stereocenters. The molecule has 1 aromatic rings. The highest BCUT2D eigenvalue weighted by Crippen LogP contribution is 2.21. The van der Waals surface area contributed by atoms with Gasteiger partial charge in [0, 0.05) is 0 Å². The third kappa shape index (κ3) is 1.98. The Morgan fingerprint density at radius 3 is 3.00 bits per heavy atom. The molecule has 0 aromatic carbocycles. The van der Waals surface area contributed by atoms with Gasteiger partial charge in [-0.15, -0.1) is 0 Å². The van der Waals surface area contributed by atoms with Gasteiger partial charge in [0.25, 0.3) is 0 Å². The Morgan fingerprint density at radius 2 is 2.46 bits per heavy atom. The van der Waals surface area contributed by atoms with E-state index < -0.39 is 0 Å². The molecule has 0 N–H and O–H groups in total. The van der Waals surface area contributed by atoms with E-state index >= 15 is 0 Å². The Balaban J connectivity index is 1.78. The maximum atomic E-state index is 11.3. The predicted octanol–water partition coefficient (Wildman–Crippen LogP) is 2.03. The molecule has 0 aliphatic heterocycles. The van der Waals surface area contributed by atoms with Crippen molar-refractivity contribution in [3.8, 4) is 0 Å². The summed E-state index contributed by atoms with van der Waals surface area (Å²) >= 11 is 0.